The van der Waals surface area contributed by atoms with E-state index in [4.69, 9.17) is 22.1 Å². The predicted octanol–water partition coefficient (Wildman–Crippen LogP) is 3.71. The summed E-state index contributed by atoms with van der Waals surface area (Å²) in [6.45, 7) is 1.72. The van der Waals surface area contributed by atoms with Crippen LogP contribution in [0.3, 0.4) is 0 Å². The van der Waals surface area contributed by atoms with E-state index in [1.165, 1.54) is 31.4 Å². The lowest BCUT2D eigenvalue weighted by Gasteiger charge is -2.28. The molecule has 6 nitrogen and oxygen atoms in total. The van der Waals surface area contributed by atoms with E-state index in [-0.39, 0.29) is 11.3 Å². The highest BCUT2D eigenvalue weighted by Gasteiger charge is 2.14. The number of carbonyl (C=O) groups excluding carboxylic acids is 2. The number of amides is 1. The average Bonchev–Trinajstić information content (AvgIpc) is 2.69. The van der Waals surface area contributed by atoms with Crippen LogP contribution in [-0.4, -0.2) is 31.6 Å². The summed E-state index contributed by atoms with van der Waals surface area (Å²) in [4.78, 5) is 26.4. The summed E-state index contributed by atoms with van der Waals surface area (Å²) in [5, 5.41) is 3.08. The van der Waals surface area contributed by atoms with Crippen molar-refractivity contribution in [2.75, 3.05) is 35.6 Å². The van der Waals surface area contributed by atoms with Crippen LogP contribution < -0.4 is 16.0 Å². The highest BCUT2D eigenvalue weighted by molar-refractivity contribution is 6.31. The van der Waals surface area contributed by atoms with Gasteiger partial charge >= 0.3 is 5.97 Å². The molecule has 0 bridgehead atoms. The fourth-order valence-corrected chi connectivity index (χ4v) is 3.19. The van der Waals surface area contributed by atoms with Gasteiger partial charge in [-0.25, -0.2) is 4.79 Å². The first-order chi connectivity index (χ1) is 13.0. The highest BCUT2D eigenvalue weighted by Crippen LogP contribution is 2.22. The van der Waals surface area contributed by atoms with E-state index < -0.39 is 18.5 Å². The van der Waals surface area contributed by atoms with E-state index in [0.29, 0.717) is 10.7 Å². The lowest BCUT2D eigenvalue weighted by molar-refractivity contribution is -0.119. The largest absolute Gasteiger partial charge is 0.452 e. The van der Waals surface area contributed by atoms with Gasteiger partial charge in [0, 0.05) is 35.2 Å². The number of piperidine rings is 1. The molecule has 142 valence electrons. The summed E-state index contributed by atoms with van der Waals surface area (Å²) in [5.74, 6) is -1.11. The molecule has 0 radical (unpaired) electrons. The molecule has 1 heterocycles. The fraction of sp³-hybridized carbons (Fsp3) is 0.300. The summed E-state index contributed by atoms with van der Waals surface area (Å²) in [7, 11) is 0. The number of nitrogen functional groups attached to an aromatic ring is 1. The number of rotatable bonds is 5. The van der Waals surface area contributed by atoms with Crippen molar-refractivity contribution in [3.8, 4) is 0 Å². The minimum Gasteiger partial charge on any atom is -0.452 e. The van der Waals surface area contributed by atoms with Crippen LogP contribution in [0.1, 0.15) is 29.6 Å². The van der Waals surface area contributed by atoms with Crippen LogP contribution >= 0.6 is 11.6 Å². The number of nitrogens with two attached hydrogens (primary N) is 1. The van der Waals surface area contributed by atoms with Crippen molar-refractivity contribution in [1.29, 1.82) is 0 Å². The molecule has 27 heavy (non-hydrogen) atoms. The molecule has 0 saturated carbocycles. The second-order valence-electron chi connectivity index (χ2n) is 6.45. The van der Waals surface area contributed by atoms with Gasteiger partial charge in [0.05, 0.1) is 5.56 Å². The van der Waals surface area contributed by atoms with Crippen molar-refractivity contribution in [3.63, 3.8) is 0 Å². The Labute approximate surface area is 163 Å². The molecule has 0 aromatic heterocycles. The van der Waals surface area contributed by atoms with E-state index >= 15 is 0 Å². The van der Waals surface area contributed by atoms with E-state index in [2.05, 4.69) is 10.2 Å². The minimum atomic E-state index is -0.689. The summed E-state index contributed by atoms with van der Waals surface area (Å²) in [6.07, 6.45) is 3.70. The summed E-state index contributed by atoms with van der Waals surface area (Å²) >= 11 is 5.85. The second-order valence-corrected chi connectivity index (χ2v) is 6.89. The minimum absolute atomic E-state index is 0.140. The van der Waals surface area contributed by atoms with Gasteiger partial charge in [-0.1, -0.05) is 11.6 Å². The Morgan fingerprint density at radius 1 is 1.07 bits per heavy atom. The van der Waals surface area contributed by atoms with Gasteiger partial charge < -0.3 is 20.7 Å². The Hall–Kier alpha value is -2.73. The third kappa shape index (κ3) is 5.14. The van der Waals surface area contributed by atoms with E-state index in [9.17, 15) is 9.59 Å². The molecule has 7 heteroatoms. The predicted molar refractivity (Wildman–Crippen MR) is 107 cm³/mol. The third-order valence-electron chi connectivity index (χ3n) is 4.44. The van der Waals surface area contributed by atoms with Gasteiger partial charge in [-0.2, -0.15) is 0 Å². The molecule has 1 aliphatic rings. The summed E-state index contributed by atoms with van der Waals surface area (Å²) < 4.78 is 5.02. The van der Waals surface area contributed by atoms with Gasteiger partial charge in [0.15, 0.2) is 6.61 Å². The maximum Gasteiger partial charge on any atom is 0.340 e. The monoisotopic (exact) mass is 387 g/mol. The Kier molecular flexibility index (Phi) is 6.19. The number of esters is 1. The molecule has 0 unspecified atom stereocenters. The van der Waals surface area contributed by atoms with Crippen molar-refractivity contribution in [2.45, 2.75) is 19.3 Å². The van der Waals surface area contributed by atoms with Crippen LogP contribution in [-0.2, 0) is 9.53 Å². The van der Waals surface area contributed by atoms with Crippen LogP contribution in [0.15, 0.2) is 42.5 Å². The number of carbonyl (C=O) groups is 2. The fourth-order valence-electron chi connectivity index (χ4n) is 3.02. The number of hydrogen-bond acceptors (Lipinski definition) is 5. The number of nitrogens with one attached hydrogen (secondary N) is 1. The Morgan fingerprint density at radius 3 is 2.48 bits per heavy atom. The Morgan fingerprint density at radius 2 is 1.78 bits per heavy atom. The molecule has 3 N–H and O–H groups in total. The van der Waals surface area contributed by atoms with Crippen LogP contribution in [0.2, 0.25) is 5.02 Å². The summed E-state index contributed by atoms with van der Waals surface area (Å²) in [5.41, 5.74) is 7.92. The first-order valence-electron chi connectivity index (χ1n) is 8.90. The zero-order chi connectivity index (χ0) is 19.2. The van der Waals surface area contributed by atoms with Crippen LogP contribution in [0, 0.1) is 0 Å². The van der Waals surface area contributed by atoms with E-state index in [1.54, 1.807) is 6.07 Å². The van der Waals surface area contributed by atoms with Gasteiger partial charge in [0.1, 0.15) is 0 Å². The number of nitrogens with zero attached hydrogens (tertiary/aromatic N) is 1. The maximum absolute atomic E-state index is 12.0. The topological polar surface area (TPSA) is 84.7 Å². The number of halogens is 1. The quantitative estimate of drug-likeness (QED) is 0.603. The van der Waals surface area contributed by atoms with Crippen LogP contribution in [0.25, 0.3) is 0 Å². The molecule has 0 atom stereocenters. The van der Waals surface area contributed by atoms with Gasteiger partial charge in [-0.3, -0.25) is 4.79 Å². The van der Waals surface area contributed by atoms with Crippen molar-refractivity contribution in [1.82, 2.24) is 0 Å². The number of hydrogen-bond donors (Lipinski definition) is 2. The van der Waals surface area contributed by atoms with Gasteiger partial charge in [0.25, 0.3) is 5.91 Å². The second kappa shape index (κ2) is 8.77. The molecule has 1 amide bonds. The Balaban J connectivity index is 1.51. The average molecular weight is 388 g/mol. The molecule has 2 aromatic carbocycles. The Bertz CT molecular complexity index is 818. The van der Waals surface area contributed by atoms with Crippen molar-refractivity contribution in [2.24, 2.45) is 0 Å². The van der Waals surface area contributed by atoms with E-state index in [0.717, 1.165) is 18.8 Å². The molecule has 1 saturated heterocycles. The number of ether oxygens (including phenoxy) is 1. The molecule has 0 aliphatic carbocycles. The standard InChI is InChI=1S/C20H22ClN3O3/c21-14-4-9-18(22)17(12-14)20(26)27-13-19(25)23-15-5-7-16(8-6-15)24-10-2-1-3-11-24/h4-9,12H,1-3,10-11,13,22H2,(H,23,25). The first kappa shape index (κ1) is 19.0. The highest BCUT2D eigenvalue weighted by atomic mass is 35.5. The van der Waals surface area contributed by atoms with Crippen molar-refractivity contribution in [3.05, 3.63) is 53.1 Å². The molecule has 2 aromatic rings. The van der Waals surface area contributed by atoms with Crippen molar-refractivity contribution < 1.29 is 14.3 Å². The zero-order valence-corrected chi connectivity index (χ0v) is 15.7. The number of anilines is 3. The zero-order valence-electron chi connectivity index (χ0n) is 14.9. The molecule has 3 rings (SSSR count). The van der Waals surface area contributed by atoms with Crippen LogP contribution in [0.5, 0.6) is 0 Å². The molecule has 1 aliphatic heterocycles. The summed E-state index contributed by atoms with van der Waals surface area (Å²) in [6, 6.07) is 12.2. The lowest BCUT2D eigenvalue weighted by atomic mass is 10.1. The smallest absolute Gasteiger partial charge is 0.340 e. The molecular formula is C20H22ClN3O3. The first-order valence-corrected chi connectivity index (χ1v) is 9.28. The van der Waals surface area contributed by atoms with E-state index in [1.807, 2.05) is 24.3 Å². The number of benzene rings is 2. The normalized spacial score (nSPS) is 13.9. The van der Waals surface area contributed by atoms with Gasteiger partial charge in [-0.05, 0) is 61.7 Å². The van der Waals surface area contributed by atoms with Crippen molar-refractivity contribution >= 4 is 40.5 Å². The molecule has 1 fully saturated rings. The maximum atomic E-state index is 12.0. The SMILES string of the molecule is Nc1ccc(Cl)cc1C(=O)OCC(=O)Nc1ccc(N2CCCCC2)cc1. The van der Waals surface area contributed by atoms with Crippen LogP contribution in [0.4, 0.5) is 17.1 Å². The van der Waals surface area contributed by atoms with Gasteiger partial charge in [0.2, 0.25) is 0 Å². The molecule has 0 spiro atoms. The van der Waals surface area contributed by atoms with Gasteiger partial charge in [-0.15, -0.1) is 0 Å². The lowest BCUT2D eigenvalue weighted by Crippen LogP contribution is -2.29. The molecular weight excluding hydrogens is 366 g/mol. The third-order valence-corrected chi connectivity index (χ3v) is 4.68.